The molecule has 1 rings (SSSR count). The third kappa shape index (κ3) is 5.73. The number of rotatable bonds is 8. The number of aliphatic carboxylic acids is 1. The summed E-state index contributed by atoms with van der Waals surface area (Å²) in [5.74, 6) is -1.05. The largest absolute Gasteiger partial charge is 0.497 e. The predicted octanol–water partition coefficient (Wildman–Crippen LogP) is 1.21. The summed E-state index contributed by atoms with van der Waals surface area (Å²) in [5.41, 5.74) is 0.727. The lowest BCUT2D eigenvalue weighted by Crippen LogP contribution is -2.46. The fourth-order valence-electron chi connectivity index (χ4n) is 2.06. The van der Waals surface area contributed by atoms with Crippen molar-refractivity contribution < 1.29 is 24.5 Å². The lowest BCUT2D eigenvalue weighted by Gasteiger charge is -2.18. The standard InChI is InChI=1S/C16H23NO5/c1-10(2)7-14(18)15(19)17-13(16(20)21)9-11-5-4-6-12(8-11)22-3/h4-6,8,10,13-14,18H,7,9H2,1-3H3,(H,17,19)(H,20,21)/t13-,14-/m1/s1. The molecule has 0 saturated heterocycles. The molecule has 0 radical (unpaired) electrons. The van der Waals surface area contributed by atoms with Crippen LogP contribution in [0.25, 0.3) is 0 Å². The summed E-state index contributed by atoms with van der Waals surface area (Å²) in [6.07, 6.45) is -0.795. The van der Waals surface area contributed by atoms with E-state index in [0.717, 1.165) is 5.56 Å². The molecule has 0 aliphatic rings. The Morgan fingerprint density at radius 3 is 2.55 bits per heavy atom. The van der Waals surface area contributed by atoms with Crippen LogP contribution in [0.15, 0.2) is 24.3 Å². The number of carbonyl (C=O) groups is 2. The van der Waals surface area contributed by atoms with Gasteiger partial charge in [0, 0.05) is 6.42 Å². The fourth-order valence-corrected chi connectivity index (χ4v) is 2.06. The molecule has 0 bridgehead atoms. The summed E-state index contributed by atoms with van der Waals surface area (Å²) in [6.45, 7) is 3.75. The van der Waals surface area contributed by atoms with E-state index in [1.54, 1.807) is 24.3 Å². The van der Waals surface area contributed by atoms with Crippen molar-refractivity contribution in [1.29, 1.82) is 0 Å². The molecular weight excluding hydrogens is 286 g/mol. The summed E-state index contributed by atoms with van der Waals surface area (Å²) in [7, 11) is 1.53. The quantitative estimate of drug-likeness (QED) is 0.671. The van der Waals surface area contributed by atoms with Gasteiger partial charge < -0.3 is 20.3 Å². The van der Waals surface area contributed by atoms with E-state index in [-0.39, 0.29) is 18.8 Å². The van der Waals surface area contributed by atoms with Crippen molar-refractivity contribution >= 4 is 11.9 Å². The molecule has 6 nitrogen and oxygen atoms in total. The zero-order valence-electron chi connectivity index (χ0n) is 13.1. The smallest absolute Gasteiger partial charge is 0.326 e. The second kappa shape index (κ2) is 8.38. The molecule has 6 heteroatoms. The zero-order chi connectivity index (χ0) is 16.7. The molecule has 0 heterocycles. The summed E-state index contributed by atoms with van der Waals surface area (Å²) in [6, 6.07) is 5.88. The summed E-state index contributed by atoms with van der Waals surface area (Å²) >= 11 is 0. The maximum Gasteiger partial charge on any atom is 0.326 e. The van der Waals surface area contributed by atoms with E-state index < -0.39 is 24.0 Å². The molecule has 2 atom stereocenters. The molecule has 0 fully saturated rings. The van der Waals surface area contributed by atoms with Gasteiger partial charge in [-0.2, -0.15) is 0 Å². The highest BCUT2D eigenvalue weighted by atomic mass is 16.5. The number of amides is 1. The van der Waals surface area contributed by atoms with Gasteiger partial charge in [0.1, 0.15) is 17.9 Å². The summed E-state index contributed by atoms with van der Waals surface area (Å²) in [5, 5.41) is 21.4. The van der Waals surface area contributed by atoms with Gasteiger partial charge in [-0.05, 0) is 30.0 Å². The number of hydrogen-bond acceptors (Lipinski definition) is 4. The van der Waals surface area contributed by atoms with Crippen LogP contribution < -0.4 is 10.1 Å². The average Bonchev–Trinajstić information content (AvgIpc) is 2.45. The maximum atomic E-state index is 11.9. The fraction of sp³-hybridized carbons (Fsp3) is 0.500. The van der Waals surface area contributed by atoms with Gasteiger partial charge in [-0.3, -0.25) is 4.79 Å². The number of aliphatic hydroxyl groups excluding tert-OH is 1. The minimum atomic E-state index is -1.20. The number of hydrogen-bond donors (Lipinski definition) is 3. The average molecular weight is 309 g/mol. The first-order valence-electron chi connectivity index (χ1n) is 7.17. The normalized spacial score (nSPS) is 13.5. The second-order valence-corrected chi connectivity index (χ2v) is 5.60. The van der Waals surface area contributed by atoms with E-state index in [1.165, 1.54) is 7.11 Å². The lowest BCUT2D eigenvalue weighted by molar-refractivity contribution is -0.143. The van der Waals surface area contributed by atoms with Crippen molar-refractivity contribution in [3.63, 3.8) is 0 Å². The van der Waals surface area contributed by atoms with Crippen LogP contribution in [0.5, 0.6) is 5.75 Å². The van der Waals surface area contributed by atoms with Crippen LogP contribution in [0, 0.1) is 5.92 Å². The van der Waals surface area contributed by atoms with Crippen LogP contribution in [-0.4, -0.2) is 41.3 Å². The third-order valence-electron chi connectivity index (χ3n) is 3.19. The molecule has 1 amide bonds. The number of carbonyl (C=O) groups excluding carboxylic acids is 1. The Bertz CT molecular complexity index is 515. The molecule has 0 unspecified atom stereocenters. The Balaban J connectivity index is 2.73. The Morgan fingerprint density at radius 2 is 2.00 bits per heavy atom. The van der Waals surface area contributed by atoms with Crippen LogP contribution in [0.4, 0.5) is 0 Å². The van der Waals surface area contributed by atoms with E-state index in [9.17, 15) is 19.8 Å². The van der Waals surface area contributed by atoms with E-state index in [4.69, 9.17) is 4.74 Å². The Morgan fingerprint density at radius 1 is 1.32 bits per heavy atom. The van der Waals surface area contributed by atoms with Gasteiger partial charge in [-0.15, -0.1) is 0 Å². The second-order valence-electron chi connectivity index (χ2n) is 5.60. The van der Waals surface area contributed by atoms with Crippen LogP contribution in [0.3, 0.4) is 0 Å². The van der Waals surface area contributed by atoms with Gasteiger partial charge in [0.05, 0.1) is 7.11 Å². The van der Waals surface area contributed by atoms with Gasteiger partial charge in [0.25, 0.3) is 0 Å². The van der Waals surface area contributed by atoms with Crippen LogP contribution in [-0.2, 0) is 16.0 Å². The molecule has 0 aliphatic carbocycles. The van der Waals surface area contributed by atoms with Crippen molar-refractivity contribution in [2.24, 2.45) is 5.92 Å². The first kappa shape index (κ1) is 18.0. The van der Waals surface area contributed by atoms with E-state index in [1.807, 2.05) is 13.8 Å². The van der Waals surface area contributed by atoms with Crippen molar-refractivity contribution in [2.45, 2.75) is 38.8 Å². The van der Waals surface area contributed by atoms with Crippen molar-refractivity contribution in [2.75, 3.05) is 7.11 Å². The van der Waals surface area contributed by atoms with E-state index >= 15 is 0 Å². The SMILES string of the molecule is COc1cccc(C[C@@H](NC(=O)[C@H](O)CC(C)C)C(=O)O)c1. The lowest BCUT2D eigenvalue weighted by atomic mass is 10.0. The minimum Gasteiger partial charge on any atom is -0.497 e. The third-order valence-corrected chi connectivity index (χ3v) is 3.19. The monoisotopic (exact) mass is 309 g/mol. The molecule has 0 spiro atoms. The highest BCUT2D eigenvalue weighted by molar-refractivity contribution is 5.86. The van der Waals surface area contributed by atoms with Crippen LogP contribution in [0.1, 0.15) is 25.8 Å². The van der Waals surface area contributed by atoms with Crippen molar-refractivity contribution in [3.05, 3.63) is 29.8 Å². The summed E-state index contributed by atoms with van der Waals surface area (Å²) in [4.78, 5) is 23.2. The number of nitrogens with one attached hydrogen (secondary N) is 1. The molecule has 1 aromatic rings. The highest BCUT2D eigenvalue weighted by Crippen LogP contribution is 2.14. The molecule has 0 aromatic heterocycles. The first-order valence-corrected chi connectivity index (χ1v) is 7.17. The van der Waals surface area contributed by atoms with Gasteiger partial charge in [-0.25, -0.2) is 4.79 Å². The van der Waals surface area contributed by atoms with Gasteiger partial charge in [0.2, 0.25) is 5.91 Å². The number of aliphatic hydroxyl groups is 1. The number of benzene rings is 1. The van der Waals surface area contributed by atoms with Crippen LogP contribution in [0.2, 0.25) is 0 Å². The molecule has 1 aromatic carbocycles. The van der Waals surface area contributed by atoms with Gasteiger partial charge in [0.15, 0.2) is 0 Å². The highest BCUT2D eigenvalue weighted by Gasteiger charge is 2.24. The molecule has 122 valence electrons. The minimum absolute atomic E-state index is 0.118. The molecule has 0 saturated carbocycles. The Labute approximate surface area is 130 Å². The summed E-state index contributed by atoms with van der Waals surface area (Å²) < 4.78 is 5.09. The van der Waals surface area contributed by atoms with Crippen molar-refractivity contribution in [3.8, 4) is 5.75 Å². The maximum absolute atomic E-state index is 11.9. The van der Waals surface area contributed by atoms with Crippen molar-refractivity contribution in [1.82, 2.24) is 5.32 Å². The Hall–Kier alpha value is -2.08. The molecular formula is C16H23NO5. The van der Waals surface area contributed by atoms with E-state index in [0.29, 0.717) is 5.75 Å². The topological polar surface area (TPSA) is 95.9 Å². The zero-order valence-corrected chi connectivity index (χ0v) is 13.1. The number of carboxylic acids is 1. The number of carboxylic acid groups (broad SMARTS) is 1. The number of ether oxygens (including phenoxy) is 1. The first-order chi connectivity index (χ1) is 10.3. The number of methoxy groups -OCH3 is 1. The van der Waals surface area contributed by atoms with Gasteiger partial charge in [-0.1, -0.05) is 26.0 Å². The molecule has 3 N–H and O–H groups in total. The molecule has 22 heavy (non-hydrogen) atoms. The van der Waals surface area contributed by atoms with Crippen LogP contribution >= 0.6 is 0 Å². The molecule has 0 aliphatic heterocycles. The predicted molar refractivity (Wildman–Crippen MR) is 81.7 cm³/mol. The Kier molecular flexibility index (Phi) is 6.85. The van der Waals surface area contributed by atoms with Gasteiger partial charge >= 0.3 is 5.97 Å². The van der Waals surface area contributed by atoms with E-state index in [2.05, 4.69) is 5.32 Å².